The van der Waals surface area contributed by atoms with Crippen LogP contribution in [0.25, 0.3) is 0 Å². The van der Waals surface area contributed by atoms with Crippen LogP contribution in [0.4, 0.5) is 5.95 Å². The Morgan fingerprint density at radius 1 is 1.11 bits per heavy atom. The molecule has 10 heteroatoms. The average Bonchev–Trinajstić information content (AvgIpc) is 2.77. The standard InChI is InChI=1S/C18H22N6O4/c1-27-18-22-14(21-17(23-18)24-7-9-28-10-8-24)11-19-15(25)12-20-16(26)13-5-3-2-4-6-13/h2-6H,7-12H2,1H3,(H,19,25)(H,20,26). The topological polar surface area (TPSA) is 119 Å². The number of ether oxygens (including phenoxy) is 2. The van der Waals surface area contributed by atoms with Crippen LogP contribution in [-0.4, -0.2) is 66.7 Å². The Hall–Kier alpha value is -3.27. The maximum atomic E-state index is 12.0. The number of anilines is 1. The maximum absolute atomic E-state index is 12.0. The summed E-state index contributed by atoms with van der Waals surface area (Å²) >= 11 is 0. The number of methoxy groups -OCH3 is 1. The third-order valence-corrected chi connectivity index (χ3v) is 4.02. The first-order valence-electron chi connectivity index (χ1n) is 8.87. The highest BCUT2D eigenvalue weighted by atomic mass is 16.5. The SMILES string of the molecule is COc1nc(CNC(=O)CNC(=O)c2ccccc2)nc(N2CCOCC2)n1. The molecule has 0 unspecified atom stereocenters. The molecule has 2 amide bonds. The van der Waals surface area contributed by atoms with E-state index >= 15 is 0 Å². The van der Waals surface area contributed by atoms with Crippen LogP contribution in [0.5, 0.6) is 6.01 Å². The van der Waals surface area contributed by atoms with Gasteiger partial charge in [-0.2, -0.15) is 15.0 Å². The second-order valence-electron chi connectivity index (χ2n) is 5.96. The molecule has 1 saturated heterocycles. The molecule has 1 aromatic carbocycles. The zero-order chi connectivity index (χ0) is 19.8. The minimum atomic E-state index is -0.350. The van der Waals surface area contributed by atoms with E-state index in [4.69, 9.17) is 9.47 Å². The van der Waals surface area contributed by atoms with Gasteiger partial charge in [0.2, 0.25) is 11.9 Å². The second-order valence-corrected chi connectivity index (χ2v) is 5.96. The lowest BCUT2D eigenvalue weighted by Crippen LogP contribution is -2.38. The first-order chi connectivity index (χ1) is 13.7. The van der Waals surface area contributed by atoms with E-state index in [9.17, 15) is 9.59 Å². The van der Waals surface area contributed by atoms with Crippen molar-refractivity contribution in [3.63, 3.8) is 0 Å². The predicted molar refractivity (Wildman–Crippen MR) is 100 cm³/mol. The van der Waals surface area contributed by atoms with Crippen LogP contribution >= 0.6 is 0 Å². The Balaban J connectivity index is 1.54. The van der Waals surface area contributed by atoms with Gasteiger partial charge >= 0.3 is 6.01 Å². The molecule has 28 heavy (non-hydrogen) atoms. The Morgan fingerprint density at radius 3 is 2.57 bits per heavy atom. The highest BCUT2D eigenvalue weighted by molar-refractivity contribution is 5.96. The molecule has 0 atom stereocenters. The molecule has 10 nitrogen and oxygen atoms in total. The second kappa shape index (κ2) is 9.60. The molecule has 0 spiro atoms. The number of benzene rings is 1. The van der Waals surface area contributed by atoms with Crippen LogP contribution in [0.2, 0.25) is 0 Å². The number of hydrogen-bond acceptors (Lipinski definition) is 8. The van der Waals surface area contributed by atoms with Gasteiger partial charge in [-0.25, -0.2) is 0 Å². The molecule has 1 aliphatic rings. The molecule has 0 saturated carbocycles. The van der Waals surface area contributed by atoms with E-state index in [1.807, 2.05) is 11.0 Å². The molecule has 148 valence electrons. The lowest BCUT2D eigenvalue weighted by molar-refractivity contribution is -0.120. The number of rotatable bonds is 7. The van der Waals surface area contributed by atoms with Crippen molar-refractivity contribution in [2.45, 2.75) is 6.54 Å². The van der Waals surface area contributed by atoms with Crippen LogP contribution in [0, 0.1) is 0 Å². The molecule has 1 aliphatic heterocycles. The lowest BCUT2D eigenvalue weighted by Gasteiger charge is -2.26. The summed E-state index contributed by atoms with van der Waals surface area (Å²) in [7, 11) is 1.47. The summed E-state index contributed by atoms with van der Waals surface area (Å²) in [4.78, 5) is 38.8. The highest BCUT2D eigenvalue weighted by Gasteiger charge is 2.17. The normalized spacial score (nSPS) is 13.7. The Morgan fingerprint density at radius 2 is 1.86 bits per heavy atom. The summed E-state index contributed by atoms with van der Waals surface area (Å²) in [6.07, 6.45) is 0. The number of amides is 2. The number of hydrogen-bond donors (Lipinski definition) is 2. The molecule has 2 aromatic rings. The summed E-state index contributed by atoms with van der Waals surface area (Å²) in [5, 5.41) is 5.25. The fraction of sp³-hybridized carbons (Fsp3) is 0.389. The van der Waals surface area contributed by atoms with Crippen molar-refractivity contribution in [1.29, 1.82) is 0 Å². The van der Waals surface area contributed by atoms with Gasteiger partial charge in [0, 0.05) is 18.7 Å². The van der Waals surface area contributed by atoms with Gasteiger partial charge in [-0.05, 0) is 12.1 Å². The van der Waals surface area contributed by atoms with E-state index in [2.05, 4.69) is 25.6 Å². The van der Waals surface area contributed by atoms with Crippen molar-refractivity contribution >= 4 is 17.8 Å². The third-order valence-electron chi connectivity index (χ3n) is 4.02. The van der Waals surface area contributed by atoms with Crippen molar-refractivity contribution in [2.75, 3.05) is 44.9 Å². The minimum absolute atomic E-state index is 0.0935. The summed E-state index contributed by atoms with van der Waals surface area (Å²) < 4.78 is 10.5. The van der Waals surface area contributed by atoms with Crippen LogP contribution in [0.3, 0.4) is 0 Å². The lowest BCUT2D eigenvalue weighted by atomic mass is 10.2. The van der Waals surface area contributed by atoms with Crippen LogP contribution < -0.4 is 20.3 Å². The number of nitrogens with zero attached hydrogens (tertiary/aromatic N) is 4. The predicted octanol–water partition coefficient (Wildman–Crippen LogP) is -0.237. The number of carbonyl (C=O) groups is 2. The minimum Gasteiger partial charge on any atom is -0.467 e. The number of carbonyl (C=O) groups excluding carboxylic acids is 2. The Bertz CT molecular complexity index is 811. The van der Waals surface area contributed by atoms with Gasteiger partial charge in [0.25, 0.3) is 5.91 Å². The first-order valence-corrected chi connectivity index (χ1v) is 8.87. The Labute approximate surface area is 162 Å². The van der Waals surface area contributed by atoms with Crippen molar-refractivity contribution in [1.82, 2.24) is 25.6 Å². The maximum Gasteiger partial charge on any atom is 0.321 e. The quantitative estimate of drug-likeness (QED) is 0.670. The van der Waals surface area contributed by atoms with Crippen molar-refractivity contribution in [2.24, 2.45) is 0 Å². The van der Waals surface area contributed by atoms with E-state index in [1.165, 1.54) is 7.11 Å². The third kappa shape index (κ3) is 5.36. The molecule has 2 heterocycles. The van der Waals surface area contributed by atoms with E-state index < -0.39 is 0 Å². The first kappa shape index (κ1) is 19.5. The molecule has 3 rings (SSSR count). The van der Waals surface area contributed by atoms with E-state index in [0.29, 0.717) is 43.6 Å². The van der Waals surface area contributed by atoms with Crippen LogP contribution in [-0.2, 0) is 16.1 Å². The zero-order valence-corrected chi connectivity index (χ0v) is 15.6. The molecule has 1 fully saturated rings. The highest BCUT2D eigenvalue weighted by Crippen LogP contribution is 2.13. The summed E-state index contributed by atoms with van der Waals surface area (Å²) in [6.45, 7) is 2.49. The van der Waals surface area contributed by atoms with E-state index in [1.54, 1.807) is 24.3 Å². The van der Waals surface area contributed by atoms with Gasteiger partial charge in [-0.1, -0.05) is 18.2 Å². The summed E-state index contributed by atoms with van der Waals surface area (Å²) in [5.41, 5.74) is 0.493. The largest absolute Gasteiger partial charge is 0.467 e. The Kier molecular flexibility index (Phi) is 6.68. The van der Waals surface area contributed by atoms with Crippen molar-refractivity contribution in [3.05, 3.63) is 41.7 Å². The van der Waals surface area contributed by atoms with Crippen molar-refractivity contribution in [3.8, 4) is 6.01 Å². The van der Waals surface area contributed by atoms with Crippen molar-refractivity contribution < 1.29 is 19.1 Å². The monoisotopic (exact) mass is 386 g/mol. The summed E-state index contributed by atoms with van der Waals surface area (Å²) in [6, 6.07) is 8.87. The van der Waals surface area contributed by atoms with Gasteiger partial charge < -0.3 is 25.0 Å². The zero-order valence-electron chi connectivity index (χ0n) is 15.6. The molecule has 0 bridgehead atoms. The van der Waals surface area contributed by atoms with E-state index in [0.717, 1.165) is 0 Å². The summed E-state index contributed by atoms with van der Waals surface area (Å²) in [5.74, 6) is 0.191. The molecule has 0 aliphatic carbocycles. The fourth-order valence-corrected chi connectivity index (χ4v) is 2.55. The molecular formula is C18H22N6O4. The van der Waals surface area contributed by atoms with Gasteiger partial charge in [0.15, 0.2) is 5.82 Å². The fourth-order valence-electron chi connectivity index (χ4n) is 2.55. The number of nitrogens with one attached hydrogen (secondary N) is 2. The number of morpholine rings is 1. The van der Waals surface area contributed by atoms with Gasteiger partial charge in [-0.3, -0.25) is 9.59 Å². The van der Waals surface area contributed by atoms with Gasteiger partial charge in [0.1, 0.15) is 0 Å². The number of aromatic nitrogens is 3. The van der Waals surface area contributed by atoms with Gasteiger partial charge in [-0.15, -0.1) is 0 Å². The molecular weight excluding hydrogens is 364 g/mol. The smallest absolute Gasteiger partial charge is 0.321 e. The molecule has 1 aromatic heterocycles. The van der Waals surface area contributed by atoms with E-state index in [-0.39, 0.29) is 30.9 Å². The molecule has 0 radical (unpaired) electrons. The average molecular weight is 386 g/mol. The van der Waals surface area contributed by atoms with Gasteiger partial charge in [0.05, 0.1) is 33.4 Å². The van der Waals surface area contributed by atoms with Crippen LogP contribution in [0.1, 0.15) is 16.2 Å². The van der Waals surface area contributed by atoms with Crippen LogP contribution in [0.15, 0.2) is 30.3 Å². The molecule has 2 N–H and O–H groups in total.